The Kier molecular flexibility index (Phi) is 7.47. The smallest absolute Gasteiger partial charge is 0.295 e. The summed E-state index contributed by atoms with van der Waals surface area (Å²) in [4.78, 5) is 30.0. The van der Waals surface area contributed by atoms with E-state index in [1.54, 1.807) is 0 Å². The van der Waals surface area contributed by atoms with E-state index in [9.17, 15) is 19.1 Å². The Morgan fingerprint density at radius 2 is 1.78 bits per heavy atom. The van der Waals surface area contributed by atoms with Crippen LogP contribution in [0.25, 0.3) is 5.76 Å². The van der Waals surface area contributed by atoms with Crippen LogP contribution in [-0.2, 0) is 16.1 Å². The minimum Gasteiger partial charge on any atom is -0.507 e. The number of amides is 1. The standard InChI is InChI=1S/C29H29FN2O5/c1-5-37-22-8-6-7-18(15-22)17-32-26(19-9-12-21(13-10-19)31(2)3)25(28(34)29(32)35)27(33)23-16-20(30)11-14-24(23)36-4/h6-16,26,33H,5,17H2,1-4H3/b27-25+. The molecule has 1 N–H and O–H groups in total. The Labute approximate surface area is 215 Å². The summed E-state index contributed by atoms with van der Waals surface area (Å²) in [5, 5.41) is 11.3. The van der Waals surface area contributed by atoms with Gasteiger partial charge in [0.25, 0.3) is 11.7 Å². The molecule has 1 fully saturated rings. The van der Waals surface area contributed by atoms with E-state index in [1.807, 2.05) is 74.4 Å². The summed E-state index contributed by atoms with van der Waals surface area (Å²) in [7, 11) is 5.19. The Morgan fingerprint density at radius 1 is 1.05 bits per heavy atom. The first-order valence-corrected chi connectivity index (χ1v) is 11.9. The van der Waals surface area contributed by atoms with Gasteiger partial charge in [-0.25, -0.2) is 4.39 Å². The highest BCUT2D eigenvalue weighted by Gasteiger charge is 2.46. The summed E-state index contributed by atoms with van der Waals surface area (Å²) in [5.74, 6) is -1.91. The molecule has 0 saturated carbocycles. The predicted octanol–water partition coefficient (Wildman–Crippen LogP) is 4.92. The lowest BCUT2D eigenvalue weighted by Crippen LogP contribution is -2.29. The number of carbonyl (C=O) groups is 2. The third-order valence-electron chi connectivity index (χ3n) is 6.24. The molecule has 0 spiro atoms. The van der Waals surface area contributed by atoms with Crippen LogP contribution in [0.15, 0.2) is 72.3 Å². The van der Waals surface area contributed by atoms with Gasteiger partial charge >= 0.3 is 0 Å². The number of aliphatic hydroxyl groups is 1. The summed E-state index contributed by atoms with van der Waals surface area (Å²) in [6.07, 6.45) is 0. The normalized spacial score (nSPS) is 16.7. The van der Waals surface area contributed by atoms with Gasteiger partial charge in [0.1, 0.15) is 23.1 Å². The topological polar surface area (TPSA) is 79.3 Å². The van der Waals surface area contributed by atoms with Crippen LogP contribution in [0.2, 0.25) is 0 Å². The van der Waals surface area contributed by atoms with Crippen molar-refractivity contribution in [3.05, 3.63) is 94.8 Å². The first kappa shape index (κ1) is 25.8. The summed E-state index contributed by atoms with van der Waals surface area (Å²) < 4.78 is 25.0. The van der Waals surface area contributed by atoms with E-state index in [1.165, 1.54) is 24.1 Å². The number of carbonyl (C=O) groups excluding carboxylic acids is 2. The molecule has 0 aromatic heterocycles. The number of hydrogen-bond acceptors (Lipinski definition) is 6. The van der Waals surface area contributed by atoms with Crippen molar-refractivity contribution in [3.8, 4) is 11.5 Å². The predicted molar refractivity (Wildman–Crippen MR) is 139 cm³/mol. The van der Waals surface area contributed by atoms with Crippen LogP contribution in [0.5, 0.6) is 11.5 Å². The van der Waals surface area contributed by atoms with E-state index < -0.39 is 29.3 Å². The van der Waals surface area contributed by atoms with Crippen molar-refractivity contribution in [2.75, 3.05) is 32.7 Å². The molecule has 192 valence electrons. The van der Waals surface area contributed by atoms with Crippen molar-refractivity contribution in [3.63, 3.8) is 0 Å². The van der Waals surface area contributed by atoms with Gasteiger partial charge in [-0.3, -0.25) is 9.59 Å². The molecular formula is C29H29FN2O5. The Bertz CT molecular complexity index is 1350. The van der Waals surface area contributed by atoms with Crippen molar-refractivity contribution in [1.29, 1.82) is 0 Å². The van der Waals surface area contributed by atoms with Gasteiger partial charge in [0.2, 0.25) is 0 Å². The number of Topliss-reactive ketones (excluding diaryl/α,β-unsaturated/α-hetero) is 1. The summed E-state index contributed by atoms with van der Waals surface area (Å²) in [6.45, 7) is 2.47. The van der Waals surface area contributed by atoms with Gasteiger partial charge in [-0.05, 0) is 60.5 Å². The maximum atomic E-state index is 14.1. The van der Waals surface area contributed by atoms with Gasteiger partial charge in [-0.15, -0.1) is 0 Å². The molecule has 1 aliphatic rings. The van der Waals surface area contributed by atoms with E-state index in [0.717, 1.165) is 17.3 Å². The van der Waals surface area contributed by atoms with Gasteiger partial charge in [0.05, 0.1) is 30.9 Å². The maximum Gasteiger partial charge on any atom is 0.295 e. The van der Waals surface area contributed by atoms with Crippen LogP contribution in [0.1, 0.15) is 29.7 Å². The first-order chi connectivity index (χ1) is 17.7. The second-order valence-corrected chi connectivity index (χ2v) is 8.84. The van der Waals surface area contributed by atoms with Crippen LogP contribution in [-0.4, -0.2) is 49.5 Å². The number of nitrogens with zero attached hydrogens (tertiary/aromatic N) is 2. The summed E-state index contributed by atoms with van der Waals surface area (Å²) in [5.41, 5.74) is 2.17. The number of benzene rings is 3. The van der Waals surface area contributed by atoms with E-state index in [0.29, 0.717) is 17.9 Å². The number of anilines is 1. The Morgan fingerprint density at radius 3 is 2.43 bits per heavy atom. The minimum atomic E-state index is -0.903. The lowest BCUT2D eigenvalue weighted by molar-refractivity contribution is -0.140. The molecule has 1 unspecified atom stereocenters. The molecule has 4 rings (SSSR count). The van der Waals surface area contributed by atoms with Crippen molar-refractivity contribution < 1.29 is 28.6 Å². The van der Waals surface area contributed by atoms with E-state index >= 15 is 0 Å². The molecule has 1 aliphatic heterocycles. The zero-order valence-electron chi connectivity index (χ0n) is 21.2. The molecule has 3 aromatic carbocycles. The zero-order chi connectivity index (χ0) is 26.7. The fourth-order valence-corrected chi connectivity index (χ4v) is 4.45. The second kappa shape index (κ2) is 10.7. The molecule has 1 amide bonds. The van der Waals surface area contributed by atoms with Gasteiger partial charge in [0.15, 0.2) is 0 Å². The number of rotatable bonds is 8. The van der Waals surface area contributed by atoms with Crippen LogP contribution in [0.3, 0.4) is 0 Å². The second-order valence-electron chi connectivity index (χ2n) is 8.84. The van der Waals surface area contributed by atoms with E-state index in [4.69, 9.17) is 9.47 Å². The number of ketones is 1. The molecular weight excluding hydrogens is 475 g/mol. The molecule has 37 heavy (non-hydrogen) atoms. The van der Waals surface area contributed by atoms with E-state index in [2.05, 4.69) is 0 Å². The highest BCUT2D eigenvalue weighted by molar-refractivity contribution is 6.46. The number of aliphatic hydroxyl groups excluding tert-OH is 1. The van der Waals surface area contributed by atoms with Crippen molar-refractivity contribution in [2.24, 2.45) is 0 Å². The number of halogens is 1. The van der Waals surface area contributed by atoms with Gasteiger partial charge < -0.3 is 24.4 Å². The third-order valence-corrected chi connectivity index (χ3v) is 6.24. The number of ether oxygens (including phenoxy) is 2. The quantitative estimate of drug-likeness (QED) is 0.267. The Balaban J connectivity index is 1.87. The van der Waals surface area contributed by atoms with Crippen LogP contribution in [0, 0.1) is 5.82 Å². The van der Waals surface area contributed by atoms with Crippen molar-refractivity contribution in [2.45, 2.75) is 19.5 Å². The van der Waals surface area contributed by atoms with Crippen LogP contribution < -0.4 is 14.4 Å². The molecule has 0 aliphatic carbocycles. The summed E-state index contributed by atoms with van der Waals surface area (Å²) in [6, 6.07) is 17.4. The number of methoxy groups -OCH3 is 1. The van der Waals surface area contributed by atoms with Crippen LogP contribution in [0.4, 0.5) is 10.1 Å². The zero-order valence-corrected chi connectivity index (χ0v) is 21.2. The average Bonchev–Trinajstić information content (AvgIpc) is 3.13. The molecule has 0 radical (unpaired) electrons. The lowest BCUT2D eigenvalue weighted by Gasteiger charge is -2.26. The molecule has 7 nitrogen and oxygen atoms in total. The van der Waals surface area contributed by atoms with Crippen molar-refractivity contribution in [1.82, 2.24) is 4.90 Å². The summed E-state index contributed by atoms with van der Waals surface area (Å²) >= 11 is 0. The molecule has 1 heterocycles. The number of likely N-dealkylation sites (tertiary alicyclic amines) is 1. The number of hydrogen-bond donors (Lipinski definition) is 1. The first-order valence-electron chi connectivity index (χ1n) is 11.9. The molecule has 8 heteroatoms. The molecule has 1 atom stereocenters. The van der Waals surface area contributed by atoms with Gasteiger partial charge in [0, 0.05) is 26.3 Å². The van der Waals surface area contributed by atoms with Crippen LogP contribution >= 0.6 is 0 Å². The van der Waals surface area contributed by atoms with Gasteiger partial charge in [-0.1, -0.05) is 24.3 Å². The largest absolute Gasteiger partial charge is 0.507 e. The highest BCUT2D eigenvalue weighted by atomic mass is 19.1. The fourth-order valence-electron chi connectivity index (χ4n) is 4.45. The van der Waals surface area contributed by atoms with Crippen molar-refractivity contribution >= 4 is 23.1 Å². The molecule has 3 aromatic rings. The average molecular weight is 505 g/mol. The monoisotopic (exact) mass is 504 g/mol. The maximum absolute atomic E-state index is 14.1. The molecule has 0 bridgehead atoms. The lowest BCUT2D eigenvalue weighted by atomic mass is 9.94. The van der Waals surface area contributed by atoms with Gasteiger partial charge in [-0.2, -0.15) is 0 Å². The van der Waals surface area contributed by atoms with E-state index in [-0.39, 0.29) is 23.4 Å². The Hall–Kier alpha value is -4.33. The molecule has 1 saturated heterocycles. The highest BCUT2D eigenvalue weighted by Crippen LogP contribution is 2.42. The minimum absolute atomic E-state index is 0.00578. The fraction of sp³-hybridized carbons (Fsp3) is 0.241. The SMILES string of the molecule is CCOc1cccc(CN2C(=O)C(=O)/C(=C(/O)c3cc(F)ccc3OC)C2c2ccc(N(C)C)cc2)c1. The third kappa shape index (κ3) is 5.14.